The normalized spacial score (nSPS) is 12.4. The quantitative estimate of drug-likeness (QED) is 0.926. The topological polar surface area (TPSA) is 24.9 Å². The van der Waals surface area contributed by atoms with Gasteiger partial charge in [-0.3, -0.25) is 4.98 Å². The van der Waals surface area contributed by atoms with Gasteiger partial charge in [0.15, 0.2) is 0 Å². The lowest BCUT2D eigenvalue weighted by molar-refractivity contribution is 0.577. The monoisotopic (exact) mass is 322 g/mol. The number of benzene rings is 1. The lowest BCUT2D eigenvalue weighted by Crippen LogP contribution is -2.20. The third-order valence-corrected chi connectivity index (χ3v) is 4.13. The second kappa shape index (κ2) is 6.26. The summed E-state index contributed by atoms with van der Waals surface area (Å²) in [5.74, 6) is -0.223. The second-order valence-corrected chi connectivity index (χ2v) is 5.28. The second-order valence-electron chi connectivity index (χ2n) is 4.49. The third-order valence-electron chi connectivity index (χ3n) is 3.24. The Morgan fingerprint density at radius 1 is 1.37 bits per heavy atom. The molecule has 2 rings (SSSR count). The molecule has 1 heterocycles. The minimum absolute atomic E-state index is 0.140. The van der Waals surface area contributed by atoms with Gasteiger partial charge in [0.2, 0.25) is 0 Å². The zero-order chi connectivity index (χ0) is 13.8. The maximum absolute atomic E-state index is 13.5. The fraction of sp³-hybridized carbons (Fsp3) is 0.267. The van der Waals surface area contributed by atoms with Crippen LogP contribution in [0, 0.1) is 12.7 Å². The molecule has 0 spiro atoms. The zero-order valence-corrected chi connectivity index (χ0v) is 12.5. The number of nitrogens with zero attached hydrogens (tertiary/aromatic N) is 1. The van der Waals surface area contributed by atoms with Crippen molar-refractivity contribution in [2.45, 2.75) is 19.4 Å². The highest BCUT2D eigenvalue weighted by Crippen LogP contribution is 2.26. The largest absolute Gasteiger partial charge is 0.313 e. The number of hydrogen-bond acceptors (Lipinski definition) is 2. The molecule has 0 bridgehead atoms. The van der Waals surface area contributed by atoms with Crippen molar-refractivity contribution in [3.63, 3.8) is 0 Å². The van der Waals surface area contributed by atoms with E-state index in [4.69, 9.17) is 0 Å². The smallest absolute Gasteiger partial charge is 0.137 e. The predicted molar refractivity (Wildman–Crippen MR) is 78.6 cm³/mol. The summed E-state index contributed by atoms with van der Waals surface area (Å²) >= 11 is 3.31. The van der Waals surface area contributed by atoms with Crippen molar-refractivity contribution in [1.82, 2.24) is 10.3 Å². The number of hydrogen-bond donors (Lipinski definition) is 1. The Labute approximate surface area is 121 Å². The molecule has 1 atom stereocenters. The van der Waals surface area contributed by atoms with E-state index in [1.165, 1.54) is 11.6 Å². The molecular formula is C15H16BrFN2. The van der Waals surface area contributed by atoms with Gasteiger partial charge in [0, 0.05) is 18.4 Å². The number of aryl methyl sites for hydroxylation is 1. The van der Waals surface area contributed by atoms with Gasteiger partial charge in [0.25, 0.3) is 0 Å². The van der Waals surface area contributed by atoms with Crippen LogP contribution < -0.4 is 5.32 Å². The fourth-order valence-electron chi connectivity index (χ4n) is 2.17. The Balaban J connectivity index is 2.30. The molecule has 1 unspecified atom stereocenters. The Kier molecular flexibility index (Phi) is 4.66. The Hall–Kier alpha value is -1.26. The highest BCUT2D eigenvalue weighted by atomic mass is 79.9. The van der Waals surface area contributed by atoms with E-state index in [2.05, 4.69) is 26.2 Å². The highest BCUT2D eigenvalue weighted by molar-refractivity contribution is 9.10. The maximum Gasteiger partial charge on any atom is 0.137 e. The molecule has 1 aromatic carbocycles. The number of aromatic nitrogens is 1. The minimum Gasteiger partial charge on any atom is -0.313 e. The molecule has 0 aliphatic heterocycles. The van der Waals surface area contributed by atoms with Crippen molar-refractivity contribution in [3.05, 3.63) is 63.6 Å². The van der Waals surface area contributed by atoms with Gasteiger partial charge in [-0.1, -0.05) is 12.1 Å². The van der Waals surface area contributed by atoms with E-state index < -0.39 is 0 Å². The van der Waals surface area contributed by atoms with Gasteiger partial charge < -0.3 is 5.32 Å². The summed E-state index contributed by atoms with van der Waals surface area (Å²) in [6, 6.07) is 7.28. The molecule has 0 fully saturated rings. The summed E-state index contributed by atoms with van der Waals surface area (Å²) in [6.45, 7) is 2.04. The number of nitrogens with one attached hydrogen (secondary N) is 1. The van der Waals surface area contributed by atoms with E-state index in [1.807, 2.05) is 32.3 Å². The van der Waals surface area contributed by atoms with Crippen molar-refractivity contribution in [2.24, 2.45) is 0 Å². The third kappa shape index (κ3) is 3.19. The van der Waals surface area contributed by atoms with Crippen LogP contribution in [0.1, 0.15) is 22.7 Å². The molecular weight excluding hydrogens is 307 g/mol. The molecule has 0 radical (unpaired) electrons. The Bertz CT molecular complexity index is 572. The van der Waals surface area contributed by atoms with E-state index in [0.29, 0.717) is 4.47 Å². The number of rotatable bonds is 4. The van der Waals surface area contributed by atoms with Crippen LogP contribution >= 0.6 is 15.9 Å². The van der Waals surface area contributed by atoms with E-state index in [-0.39, 0.29) is 11.9 Å². The maximum atomic E-state index is 13.5. The van der Waals surface area contributed by atoms with Crippen LogP contribution in [0.3, 0.4) is 0 Å². The van der Waals surface area contributed by atoms with Gasteiger partial charge in [-0.05, 0) is 65.1 Å². The molecule has 1 N–H and O–H groups in total. The number of pyridine rings is 1. The van der Waals surface area contributed by atoms with Crippen molar-refractivity contribution in [3.8, 4) is 0 Å². The minimum atomic E-state index is -0.223. The Morgan fingerprint density at radius 3 is 2.84 bits per heavy atom. The molecule has 0 amide bonds. The number of halogens is 2. The molecule has 1 aromatic heterocycles. The van der Waals surface area contributed by atoms with Crippen molar-refractivity contribution in [1.29, 1.82) is 0 Å². The first-order valence-electron chi connectivity index (χ1n) is 6.14. The molecule has 2 aromatic rings. The van der Waals surface area contributed by atoms with Crippen molar-refractivity contribution >= 4 is 15.9 Å². The van der Waals surface area contributed by atoms with E-state index in [9.17, 15) is 4.39 Å². The first kappa shape index (κ1) is 14.2. The molecule has 0 aliphatic rings. The average molecular weight is 323 g/mol. The van der Waals surface area contributed by atoms with Gasteiger partial charge in [-0.25, -0.2) is 4.39 Å². The van der Waals surface area contributed by atoms with Gasteiger partial charge in [-0.15, -0.1) is 0 Å². The van der Waals surface area contributed by atoms with Crippen LogP contribution in [-0.4, -0.2) is 12.0 Å². The number of likely N-dealkylation sites (N-methyl/N-ethyl adjacent to an activating group) is 1. The van der Waals surface area contributed by atoms with Crippen molar-refractivity contribution < 1.29 is 4.39 Å². The average Bonchev–Trinajstić information content (AvgIpc) is 2.41. The molecule has 4 heteroatoms. The summed E-state index contributed by atoms with van der Waals surface area (Å²) in [6.07, 6.45) is 4.35. The molecule has 100 valence electrons. The van der Waals surface area contributed by atoms with Crippen LogP contribution in [0.15, 0.2) is 41.1 Å². The predicted octanol–water partition coefficient (Wildman–Crippen LogP) is 3.79. The van der Waals surface area contributed by atoms with E-state index >= 15 is 0 Å². The summed E-state index contributed by atoms with van der Waals surface area (Å²) < 4.78 is 14.1. The van der Waals surface area contributed by atoms with Crippen LogP contribution in [0.25, 0.3) is 0 Å². The Morgan fingerprint density at radius 2 is 2.16 bits per heavy atom. The lowest BCUT2D eigenvalue weighted by atomic mass is 9.97. The standard InChI is InChI=1S/C15H16BrFN2/c1-10-9-19-7-6-12(10)14(18-2)8-11-4-3-5-13(17)15(11)16/h3-7,9,14,18H,8H2,1-2H3. The van der Waals surface area contributed by atoms with Crippen molar-refractivity contribution in [2.75, 3.05) is 7.05 Å². The first-order valence-corrected chi connectivity index (χ1v) is 6.93. The fourth-order valence-corrected chi connectivity index (χ4v) is 2.59. The highest BCUT2D eigenvalue weighted by Gasteiger charge is 2.15. The summed E-state index contributed by atoms with van der Waals surface area (Å²) in [5.41, 5.74) is 3.28. The molecule has 19 heavy (non-hydrogen) atoms. The van der Waals surface area contributed by atoms with E-state index in [1.54, 1.807) is 12.3 Å². The zero-order valence-electron chi connectivity index (χ0n) is 11.0. The molecule has 0 aliphatic carbocycles. The summed E-state index contributed by atoms with van der Waals surface area (Å²) in [7, 11) is 1.91. The first-order chi connectivity index (χ1) is 9.13. The van der Waals surface area contributed by atoms with E-state index in [0.717, 1.165) is 17.5 Å². The summed E-state index contributed by atoms with van der Waals surface area (Å²) in [5, 5.41) is 3.28. The van der Waals surface area contributed by atoms with Crippen LogP contribution in [0.2, 0.25) is 0 Å². The van der Waals surface area contributed by atoms with Gasteiger partial charge >= 0.3 is 0 Å². The van der Waals surface area contributed by atoms with Gasteiger partial charge in [-0.2, -0.15) is 0 Å². The molecule has 2 nitrogen and oxygen atoms in total. The van der Waals surface area contributed by atoms with Gasteiger partial charge in [0.05, 0.1) is 4.47 Å². The van der Waals surface area contributed by atoms with Crippen LogP contribution in [-0.2, 0) is 6.42 Å². The van der Waals surface area contributed by atoms with Gasteiger partial charge in [0.1, 0.15) is 5.82 Å². The molecule has 0 saturated carbocycles. The molecule has 0 saturated heterocycles. The van der Waals surface area contributed by atoms with Crippen LogP contribution in [0.4, 0.5) is 4.39 Å². The van der Waals surface area contributed by atoms with Crippen LogP contribution in [0.5, 0.6) is 0 Å². The summed E-state index contributed by atoms with van der Waals surface area (Å²) in [4.78, 5) is 4.10. The SMILES string of the molecule is CNC(Cc1cccc(F)c1Br)c1ccncc1C. The lowest BCUT2D eigenvalue weighted by Gasteiger charge is -2.19.